The molecule has 1 saturated carbocycles. The molecule has 2 nitrogen and oxygen atoms in total. The summed E-state index contributed by atoms with van der Waals surface area (Å²) in [6.45, 7) is 0. The van der Waals surface area contributed by atoms with Crippen LogP contribution in [0.5, 0.6) is 0 Å². The number of hydrogen-bond acceptors (Lipinski definition) is 3. The number of carbonyl (C=O) groups excluding carboxylic acids is 2. The second-order valence-corrected chi connectivity index (χ2v) is 4.65. The Hall–Kier alpha value is 0.0400. The van der Waals surface area contributed by atoms with Gasteiger partial charge in [-0.05, 0) is 12.8 Å². The predicted octanol–water partition coefficient (Wildman–Crippen LogP) is 2.04. The van der Waals surface area contributed by atoms with Gasteiger partial charge in [-0.2, -0.15) is 0 Å². The van der Waals surface area contributed by atoms with E-state index in [4.69, 9.17) is 0 Å². The van der Waals surface area contributed by atoms with E-state index in [0.717, 1.165) is 24.6 Å². The third-order valence-electron chi connectivity index (χ3n) is 2.00. The Bertz CT molecular complexity index is 185. The highest BCUT2D eigenvalue weighted by Crippen LogP contribution is 2.28. The smallest absolute Gasteiger partial charge is 0.266 e. The standard InChI is InChI=1S/C8H12O2S2/c9-7(11)8(10)12-6-4-2-1-3-5-6/h6H,1-5H2,(H,9,11). The molecule has 1 rings (SSSR count). The second kappa shape index (κ2) is 4.92. The summed E-state index contributed by atoms with van der Waals surface area (Å²) in [7, 11) is 0. The summed E-state index contributed by atoms with van der Waals surface area (Å²) < 4.78 is 0. The van der Waals surface area contributed by atoms with Crippen molar-refractivity contribution in [3.8, 4) is 0 Å². The van der Waals surface area contributed by atoms with Crippen molar-refractivity contribution in [2.45, 2.75) is 37.4 Å². The van der Waals surface area contributed by atoms with Gasteiger partial charge < -0.3 is 0 Å². The fourth-order valence-corrected chi connectivity index (χ4v) is 2.52. The van der Waals surface area contributed by atoms with E-state index in [2.05, 4.69) is 12.6 Å². The van der Waals surface area contributed by atoms with E-state index in [9.17, 15) is 9.59 Å². The van der Waals surface area contributed by atoms with Gasteiger partial charge in [-0.1, -0.05) is 43.7 Å². The van der Waals surface area contributed by atoms with E-state index in [1.807, 2.05) is 0 Å². The Morgan fingerprint density at radius 3 is 2.25 bits per heavy atom. The molecule has 0 N–H and O–H groups in total. The molecule has 0 amide bonds. The molecule has 1 fully saturated rings. The molecule has 4 heteroatoms. The minimum Gasteiger partial charge on any atom is -0.277 e. The molecule has 12 heavy (non-hydrogen) atoms. The maximum Gasteiger partial charge on any atom is 0.266 e. The minimum atomic E-state index is -0.620. The summed E-state index contributed by atoms with van der Waals surface area (Å²) in [6.07, 6.45) is 5.77. The zero-order chi connectivity index (χ0) is 8.97. The van der Waals surface area contributed by atoms with Gasteiger partial charge in [0.25, 0.3) is 10.2 Å². The van der Waals surface area contributed by atoms with Crippen molar-refractivity contribution in [1.29, 1.82) is 0 Å². The summed E-state index contributed by atoms with van der Waals surface area (Å²) in [5.41, 5.74) is 0. The number of carbonyl (C=O) groups is 2. The van der Waals surface area contributed by atoms with Crippen molar-refractivity contribution >= 4 is 34.6 Å². The van der Waals surface area contributed by atoms with E-state index in [0.29, 0.717) is 5.25 Å². The first-order valence-electron chi connectivity index (χ1n) is 4.14. The minimum absolute atomic E-state index is 0.363. The summed E-state index contributed by atoms with van der Waals surface area (Å²) in [5, 5.41) is -0.654. The molecular weight excluding hydrogens is 192 g/mol. The Morgan fingerprint density at radius 2 is 1.75 bits per heavy atom. The zero-order valence-corrected chi connectivity index (χ0v) is 8.50. The van der Waals surface area contributed by atoms with Gasteiger partial charge in [0.1, 0.15) is 0 Å². The third-order valence-corrected chi connectivity index (χ3v) is 3.56. The molecule has 0 aromatic heterocycles. The van der Waals surface area contributed by atoms with Crippen LogP contribution in [0.4, 0.5) is 0 Å². The van der Waals surface area contributed by atoms with E-state index in [1.54, 1.807) is 0 Å². The molecule has 1 aliphatic rings. The lowest BCUT2D eigenvalue weighted by atomic mass is 10.0. The molecule has 0 spiro atoms. The fraction of sp³-hybridized carbons (Fsp3) is 0.750. The Labute approximate surface area is 81.9 Å². The Morgan fingerprint density at radius 1 is 1.17 bits per heavy atom. The molecule has 0 heterocycles. The number of thiol groups is 1. The van der Waals surface area contributed by atoms with Crippen LogP contribution in [-0.4, -0.2) is 15.5 Å². The van der Waals surface area contributed by atoms with Crippen molar-refractivity contribution in [1.82, 2.24) is 0 Å². The van der Waals surface area contributed by atoms with Gasteiger partial charge >= 0.3 is 0 Å². The SMILES string of the molecule is O=C(S)C(=O)SC1CCCCC1. The molecule has 0 radical (unpaired) electrons. The topological polar surface area (TPSA) is 34.1 Å². The fourth-order valence-electron chi connectivity index (χ4n) is 1.38. The van der Waals surface area contributed by atoms with Gasteiger partial charge in [-0.25, -0.2) is 0 Å². The van der Waals surface area contributed by atoms with Gasteiger partial charge in [0, 0.05) is 5.25 Å². The molecule has 0 aliphatic heterocycles. The summed E-state index contributed by atoms with van der Waals surface area (Å²) >= 11 is 4.65. The largest absolute Gasteiger partial charge is 0.277 e. The van der Waals surface area contributed by atoms with E-state index < -0.39 is 10.2 Å². The highest BCUT2D eigenvalue weighted by Gasteiger charge is 2.20. The van der Waals surface area contributed by atoms with Crippen LogP contribution in [0.1, 0.15) is 32.1 Å². The highest BCUT2D eigenvalue weighted by molar-refractivity contribution is 8.20. The maximum atomic E-state index is 10.9. The monoisotopic (exact) mass is 204 g/mol. The van der Waals surface area contributed by atoms with E-state index >= 15 is 0 Å². The van der Waals surface area contributed by atoms with Gasteiger partial charge in [-0.3, -0.25) is 9.59 Å². The maximum absolute atomic E-state index is 10.9. The quantitative estimate of drug-likeness (QED) is 0.552. The van der Waals surface area contributed by atoms with Crippen LogP contribution >= 0.6 is 24.4 Å². The molecule has 0 aromatic rings. The molecule has 0 bridgehead atoms. The molecular formula is C8H12O2S2. The predicted molar refractivity (Wildman–Crippen MR) is 53.5 cm³/mol. The average Bonchev–Trinajstić information content (AvgIpc) is 2.06. The number of rotatable bonds is 2. The van der Waals surface area contributed by atoms with Crippen LogP contribution < -0.4 is 0 Å². The second-order valence-electron chi connectivity index (χ2n) is 2.97. The van der Waals surface area contributed by atoms with Gasteiger partial charge in [0.05, 0.1) is 0 Å². The van der Waals surface area contributed by atoms with Crippen molar-refractivity contribution in [2.75, 3.05) is 0 Å². The highest BCUT2D eigenvalue weighted by atomic mass is 32.2. The Kier molecular flexibility index (Phi) is 4.15. The van der Waals surface area contributed by atoms with Crippen LogP contribution in [0.25, 0.3) is 0 Å². The van der Waals surface area contributed by atoms with Crippen LogP contribution in [-0.2, 0) is 9.59 Å². The summed E-state index contributed by atoms with van der Waals surface area (Å²) in [5.74, 6) is 0. The molecule has 0 unspecified atom stereocenters. The first kappa shape index (κ1) is 10.1. The first-order chi connectivity index (χ1) is 5.70. The van der Waals surface area contributed by atoms with Crippen molar-refractivity contribution in [3.05, 3.63) is 0 Å². The van der Waals surface area contributed by atoms with Crippen LogP contribution in [0.15, 0.2) is 0 Å². The normalized spacial score (nSPS) is 19.1. The van der Waals surface area contributed by atoms with Crippen LogP contribution in [0.3, 0.4) is 0 Å². The first-order valence-corrected chi connectivity index (χ1v) is 5.47. The third kappa shape index (κ3) is 3.19. The Balaban J connectivity index is 2.29. The van der Waals surface area contributed by atoms with E-state index in [1.165, 1.54) is 19.3 Å². The van der Waals surface area contributed by atoms with Gasteiger partial charge in [0.2, 0.25) is 0 Å². The molecule has 0 atom stereocenters. The van der Waals surface area contributed by atoms with Crippen LogP contribution in [0, 0.1) is 0 Å². The lowest BCUT2D eigenvalue weighted by molar-refractivity contribution is -0.126. The van der Waals surface area contributed by atoms with E-state index in [-0.39, 0.29) is 0 Å². The summed E-state index contributed by atoms with van der Waals surface area (Å²) in [4.78, 5) is 21.5. The molecule has 0 aromatic carbocycles. The molecule has 0 saturated heterocycles. The van der Waals surface area contributed by atoms with Crippen molar-refractivity contribution < 1.29 is 9.59 Å². The molecule has 68 valence electrons. The van der Waals surface area contributed by atoms with Crippen molar-refractivity contribution in [2.24, 2.45) is 0 Å². The zero-order valence-electron chi connectivity index (χ0n) is 6.78. The lowest BCUT2D eigenvalue weighted by Gasteiger charge is -2.19. The number of hydrogen-bond donors (Lipinski definition) is 1. The van der Waals surface area contributed by atoms with Gasteiger partial charge in [-0.15, -0.1) is 0 Å². The average molecular weight is 204 g/mol. The number of thioether (sulfide) groups is 1. The van der Waals surface area contributed by atoms with Crippen LogP contribution in [0.2, 0.25) is 0 Å². The molecule has 1 aliphatic carbocycles. The van der Waals surface area contributed by atoms with Gasteiger partial charge in [0.15, 0.2) is 0 Å². The summed E-state index contributed by atoms with van der Waals surface area (Å²) in [6, 6.07) is 0. The lowest BCUT2D eigenvalue weighted by Crippen LogP contribution is -2.13. The van der Waals surface area contributed by atoms with Crippen molar-refractivity contribution in [3.63, 3.8) is 0 Å².